The molecule has 0 aliphatic carbocycles. The number of rotatable bonds is 9. The number of aromatic nitrogens is 1. The highest BCUT2D eigenvalue weighted by atomic mass is 16.4. The van der Waals surface area contributed by atoms with Gasteiger partial charge in [0.25, 0.3) is 0 Å². The van der Waals surface area contributed by atoms with E-state index in [-0.39, 0.29) is 6.42 Å². The summed E-state index contributed by atoms with van der Waals surface area (Å²) in [6, 6.07) is 6.80. The number of likely N-dealkylation sites (N-methyl/N-ethyl adjacent to an activating group) is 1. The average molecular weight is 317 g/mol. The molecule has 2 rings (SSSR count). The molecule has 2 atom stereocenters. The van der Waals surface area contributed by atoms with Crippen molar-refractivity contribution < 1.29 is 15.0 Å². The molecule has 1 heterocycles. The van der Waals surface area contributed by atoms with Crippen molar-refractivity contribution in [3.63, 3.8) is 0 Å². The van der Waals surface area contributed by atoms with Gasteiger partial charge in [0.15, 0.2) is 0 Å². The molecule has 0 aliphatic rings. The Hall–Kier alpha value is -2.18. The predicted molar refractivity (Wildman–Crippen MR) is 91.1 cm³/mol. The normalized spacial score (nSPS) is 15.2. The van der Waals surface area contributed by atoms with Crippen LogP contribution in [0.2, 0.25) is 0 Å². The molecule has 4 N–H and O–H groups in total. The van der Waals surface area contributed by atoms with Gasteiger partial charge in [-0.1, -0.05) is 25.1 Å². The van der Waals surface area contributed by atoms with Crippen molar-refractivity contribution in [2.75, 3.05) is 13.1 Å². The number of benzene rings is 1. The maximum atomic E-state index is 11.2. The number of hydrogen-bond donors (Lipinski definition) is 4. The second-order valence-electron chi connectivity index (χ2n) is 5.78. The second kappa shape index (κ2) is 7.39. The number of aliphatic hydroxyl groups is 1. The van der Waals surface area contributed by atoms with E-state index < -0.39 is 17.6 Å². The summed E-state index contributed by atoms with van der Waals surface area (Å²) >= 11 is 0. The first-order chi connectivity index (χ1) is 11.0. The summed E-state index contributed by atoms with van der Waals surface area (Å²) in [5.74, 6) is -1.08. The van der Waals surface area contributed by atoms with E-state index in [1.807, 2.05) is 37.4 Å². The summed E-state index contributed by atoms with van der Waals surface area (Å²) in [6.45, 7) is 6.25. The molecule has 0 aliphatic heterocycles. The largest absolute Gasteiger partial charge is 0.480 e. The van der Waals surface area contributed by atoms with E-state index in [9.17, 15) is 15.0 Å². The number of H-pyrrole nitrogens is 1. The van der Waals surface area contributed by atoms with Gasteiger partial charge < -0.3 is 20.5 Å². The molecule has 0 radical (unpaired) electrons. The van der Waals surface area contributed by atoms with E-state index in [2.05, 4.69) is 22.0 Å². The maximum absolute atomic E-state index is 11.2. The molecule has 0 amide bonds. The van der Waals surface area contributed by atoms with Crippen LogP contribution in [-0.2, 0) is 11.2 Å². The van der Waals surface area contributed by atoms with E-state index >= 15 is 0 Å². The third-order valence-electron chi connectivity index (χ3n) is 3.98. The summed E-state index contributed by atoms with van der Waals surface area (Å²) in [5.41, 5.74) is 0.727. The van der Waals surface area contributed by atoms with Crippen molar-refractivity contribution in [3.05, 3.63) is 36.0 Å². The molecule has 1 aromatic heterocycles. The van der Waals surface area contributed by atoms with Crippen LogP contribution in [0.25, 0.3) is 10.9 Å². The highest BCUT2D eigenvalue weighted by molar-refractivity contribution is 5.83. The van der Waals surface area contributed by atoms with Crippen LogP contribution in [0.3, 0.4) is 0 Å². The number of aliphatic carboxylic acids is 1. The Morgan fingerprint density at radius 1 is 1.48 bits per heavy atom. The lowest BCUT2D eigenvalue weighted by atomic mass is 9.87. The lowest BCUT2D eigenvalue weighted by Crippen LogP contribution is -2.46. The van der Waals surface area contributed by atoms with E-state index in [0.29, 0.717) is 19.5 Å². The zero-order valence-corrected chi connectivity index (χ0v) is 13.2. The Morgan fingerprint density at radius 2 is 2.22 bits per heavy atom. The van der Waals surface area contributed by atoms with E-state index in [4.69, 9.17) is 0 Å². The monoisotopic (exact) mass is 317 g/mol. The fraction of sp³-hybridized carbons (Fsp3) is 0.412. The number of carboxylic acids is 1. The SMILES string of the molecule is C=NC(CC(O)(CNCC)Cc1c[nH]c2ccccc12)C(=O)O. The van der Waals surface area contributed by atoms with Gasteiger partial charge in [-0.2, -0.15) is 0 Å². The highest BCUT2D eigenvalue weighted by Crippen LogP contribution is 2.26. The van der Waals surface area contributed by atoms with Gasteiger partial charge in [0.1, 0.15) is 6.04 Å². The van der Waals surface area contributed by atoms with Gasteiger partial charge in [-0.15, -0.1) is 0 Å². The van der Waals surface area contributed by atoms with E-state index in [0.717, 1.165) is 16.5 Å². The lowest BCUT2D eigenvalue weighted by Gasteiger charge is -2.30. The molecule has 6 nitrogen and oxygen atoms in total. The van der Waals surface area contributed by atoms with Crippen molar-refractivity contribution in [3.8, 4) is 0 Å². The summed E-state index contributed by atoms with van der Waals surface area (Å²) in [6.07, 6.45) is 2.21. The number of carboxylic acid groups (broad SMARTS) is 1. The first-order valence-corrected chi connectivity index (χ1v) is 7.66. The van der Waals surface area contributed by atoms with Gasteiger partial charge >= 0.3 is 5.97 Å². The number of hydrogen-bond acceptors (Lipinski definition) is 4. The molecule has 1 aromatic carbocycles. The van der Waals surface area contributed by atoms with Gasteiger partial charge in [-0.05, 0) is 24.9 Å². The van der Waals surface area contributed by atoms with Crippen molar-refractivity contribution in [2.24, 2.45) is 4.99 Å². The molecule has 6 heteroatoms. The average Bonchev–Trinajstić information content (AvgIpc) is 2.93. The number of aliphatic imine (C=N–C) groups is 1. The first-order valence-electron chi connectivity index (χ1n) is 7.66. The second-order valence-corrected chi connectivity index (χ2v) is 5.78. The first kappa shape index (κ1) is 17.2. The molecule has 124 valence electrons. The molecular weight excluding hydrogens is 294 g/mol. The van der Waals surface area contributed by atoms with E-state index in [1.54, 1.807) is 0 Å². The summed E-state index contributed by atoms with van der Waals surface area (Å²) in [7, 11) is 0. The Balaban J connectivity index is 2.26. The summed E-state index contributed by atoms with van der Waals surface area (Å²) < 4.78 is 0. The Morgan fingerprint density at radius 3 is 2.87 bits per heavy atom. The highest BCUT2D eigenvalue weighted by Gasteiger charge is 2.33. The van der Waals surface area contributed by atoms with Crippen molar-refractivity contribution in [2.45, 2.75) is 31.4 Å². The molecule has 0 spiro atoms. The van der Waals surface area contributed by atoms with Crippen LogP contribution in [0, 0.1) is 0 Å². The molecule has 0 saturated heterocycles. The number of fused-ring (bicyclic) bond motifs is 1. The smallest absolute Gasteiger partial charge is 0.328 e. The predicted octanol–water partition coefficient (Wildman–Crippen LogP) is 1.59. The maximum Gasteiger partial charge on any atom is 0.328 e. The molecule has 2 unspecified atom stereocenters. The Bertz CT molecular complexity index is 683. The number of carbonyl (C=O) groups is 1. The van der Waals surface area contributed by atoms with Crippen LogP contribution < -0.4 is 5.32 Å². The number of para-hydroxylation sites is 1. The van der Waals surface area contributed by atoms with Crippen LogP contribution in [0.1, 0.15) is 18.9 Å². The Kier molecular flexibility index (Phi) is 5.52. The molecule has 0 saturated carbocycles. The summed E-state index contributed by atoms with van der Waals surface area (Å²) in [5, 5.41) is 24.3. The molecule has 0 bridgehead atoms. The minimum absolute atomic E-state index is 0.0122. The van der Waals surface area contributed by atoms with Crippen LogP contribution in [-0.4, -0.2) is 52.6 Å². The number of aromatic amines is 1. The van der Waals surface area contributed by atoms with Crippen molar-refractivity contribution in [1.29, 1.82) is 0 Å². The summed E-state index contributed by atoms with van der Waals surface area (Å²) in [4.78, 5) is 18.0. The van der Waals surface area contributed by atoms with Crippen LogP contribution >= 0.6 is 0 Å². The molecule has 2 aromatic rings. The lowest BCUT2D eigenvalue weighted by molar-refractivity contribution is -0.140. The van der Waals surface area contributed by atoms with Gasteiger partial charge in [0, 0.05) is 36.5 Å². The van der Waals surface area contributed by atoms with Crippen LogP contribution in [0.5, 0.6) is 0 Å². The molecular formula is C17H23N3O3. The third kappa shape index (κ3) is 4.18. The topological polar surface area (TPSA) is 97.7 Å². The number of nitrogens with zero attached hydrogens (tertiary/aromatic N) is 1. The fourth-order valence-corrected chi connectivity index (χ4v) is 2.79. The van der Waals surface area contributed by atoms with Gasteiger partial charge in [0.2, 0.25) is 0 Å². The zero-order valence-electron chi connectivity index (χ0n) is 13.2. The quantitative estimate of drug-likeness (QED) is 0.528. The molecule has 23 heavy (non-hydrogen) atoms. The third-order valence-corrected chi connectivity index (χ3v) is 3.98. The standard InChI is InChI=1S/C17H23N3O3/c1-3-19-11-17(23,9-15(18-2)16(21)22)8-12-10-20-14-7-5-4-6-13(12)14/h4-7,10,15,19-20,23H,2-3,8-9,11H2,1H3,(H,21,22). The minimum Gasteiger partial charge on any atom is -0.480 e. The minimum atomic E-state index is -1.22. The zero-order chi connectivity index (χ0) is 16.9. The van der Waals surface area contributed by atoms with E-state index in [1.165, 1.54) is 0 Å². The Labute approximate surface area is 135 Å². The number of nitrogens with one attached hydrogen (secondary N) is 2. The van der Waals surface area contributed by atoms with Gasteiger partial charge in [0.05, 0.1) is 5.60 Å². The fourth-order valence-electron chi connectivity index (χ4n) is 2.79. The van der Waals surface area contributed by atoms with Crippen LogP contribution in [0.4, 0.5) is 0 Å². The van der Waals surface area contributed by atoms with Crippen LogP contribution in [0.15, 0.2) is 35.5 Å². The van der Waals surface area contributed by atoms with Gasteiger partial charge in [-0.25, -0.2) is 4.79 Å². The van der Waals surface area contributed by atoms with Crippen molar-refractivity contribution in [1.82, 2.24) is 10.3 Å². The molecule has 0 fully saturated rings. The van der Waals surface area contributed by atoms with Gasteiger partial charge in [-0.3, -0.25) is 4.99 Å². The van der Waals surface area contributed by atoms with Crippen molar-refractivity contribution >= 4 is 23.6 Å².